The van der Waals surface area contributed by atoms with E-state index in [1.54, 1.807) is 18.2 Å². The van der Waals surface area contributed by atoms with E-state index in [1.807, 2.05) is 0 Å². The van der Waals surface area contributed by atoms with Crippen LogP contribution in [0.2, 0.25) is 0 Å². The first-order valence-corrected chi connectivity index (χ1v) is 9.76. The zero-order chi connectivity index (χ0) is 16.5. The van der Waals surface area contributed by atoms with Crippen molar-refractivity contribution in [3.05, 3.63) is 18.2 Å². The maximum Gasteiger partial charge on any atom is 0.251 e. The molecule has 6 nitrogen and oxygen atoms in total. The summed E-state index contributed by atoms with van der Waals surface area (Å²) in [5.74, 6) is -0.395. The third kappa shape index (κ3) is 3.60. The van der Waals surface area contributed by atoms with Gasteiger partial charge in [0.2, 0.25) is 5.91 Å². The fourth-order valence-corrected chi connectivity index (χ4v) is 3.64. The summed E-state index contributed by atoms with van der Waals surface area (Å²) in [6, 6.07) is 5.14. The summed E-state index contributed by atoms with van der Waals surface area (Å²) in [5.41, 5.74) is 0.511. The SMILES string of the molecule is CCS(=O)(=O)CC(=O)Nc1ccc2c(c1)OC1(CCCCC1)O2. The van der Waals surface area contributed by atoms with Crippen LogP contribution in [0.1, 0.15) is 39.0 Å². The van der Waals surface area contributed by atoms with Crippen molar-refractivity contribution in [2.45, 2.75) is 44.8 Å². The maximum absolute atomic E-state index is 11.8. The minimum absolute atomic E-state index is 0.0515. The number of carbonyl (C=O) groups is 1. The smallest absolute Gasteiger partial charge is 0.251 e. The highest BCUT2D eigenvalue weighted by Gasteiger charge is 2.42. The van der Waals surface area contributed by atoms with Crippen molar-refractivity contribution in [1.82, 2.24) is 0 Å². The van der Waals surface area contributed by atoms with Gasteiger partial charge >= 0.3 is 0 Å². The lowest BCUT2D eigenvalue weighted by molar-refractivity contribution is -0.113. The van der Waals surface area contributed by atoms with E-state index in [0.29, 0.717) is 17.2 Å². The lowest BCUT2D eigenvalue weighted by atomic mass is 9.94. The molecule has 0 saturated heterocycles. The molecule has 1 fully saturated rings. The number of benzene rings is 1. The molecule has 1 saturated carbocycles. The highest BCUT2D eigenvalue weighted by atomic mass is 32.2. The minimum Gasteiger partial charge on any atom is -0.448 e. The summed E-state index contributed by atoms with van der Waals surface area (Å²) in [7, 11) is -3.34. The summed E-state index contributed by atoms with van der Waals surface area (Å²) in [6.07, 6.45) is 5.06. The fraction of sp³-hybridized carbons (Fsp3) is 0.562. The summed E-state index contributed by atoms with van der Waals surface area (Å²) in [6.45, 7) is 1.52. The number of ether oxygens (including phenoxy) is 2. The van der Waals surface area contributed by atoms with E-state index in [-0.39, 0.29) is 5.75 Å². The number of sulfone groups is 1. The Balaban J connectivity index is 1.69. The second-order valence-corrected chi connectivity index (χ2v) is 8.41. The average molecular weight is 339 g/mol. The van der Waals surface area contributed by atoms with Crippen LogP contribution in [0.4, 0.5) is 5.69 Å². The molecule has 0 atom stereocenters. The van der Waals surface area contributed by atoms with Gasteiger partial charge in [-0.3, -0.25) is 4.79 Å². The molecule has 1 heterocycles. The molecule has 3 rings (SSSR count). The molecule has 0 radical (unpaired) electrons. The molecule has 7 heteroatoms. The van der Waals surface area contributed by atoms with Crippen LogP contribution in [0.25, 0.3) is 0 Å². The van der Waals surface area contributed by atoms with Crippen LogP contribution >= 0.6 is 0 Å². The van der Waals surface area contributed by atoms with Gasteiger partial charge in [0.25, 0.3) is 5.79 Å². The van der Waals surface area contributed by atoms with Gasteiger partial charge in [-0.2, -0.15) is 0 Å². The number of fused-ring (bicyclic) bond motifs is 1. The van der Waals surface area contributed by atoms with Gasteiger partial charge in [0, 0.05) is 30.3 Å². The molecule has 1 aliphatic carbocycles. The number of hydrogen-bond acceptors (Lipinski definition) is 5. The Morgan fingerprint density at radius 2 is 1.87 bits per heavy atom. The Morgan fingerprint density at radius 1 is 1.17 bits per heavy atom. The van der Waals surface area contributed by atoms with Crippen molar-refractivity contribution in [2.75, 3.05) is 16.8 Å². The van der Waals surface area contributed by atoms with Crippen molar-refractivity contribution in [3.63, 3.8) is 0 Å². The number of amides is 1. The Labute approximate surface area is 136 Å². The van der Waals surface area contributed by atoms with Gasteiger partial charge in [-0.25, -0.2) is 8.42 Å². The van der Waals surface area contributed by atoms with Crippen LogP contribution in [-0.4, -0.2) is 31.6 Å². The van der Waals surface area contributed by atoms with Crippen molar-refractivity contribution >= 4 is 21.4 Å². The number of hydrogen-bond donors (Lipinski definition) is 1. The van der Waals surface area contributed by atoms with Crippen molar-refractivity contribution in [2.24, 2.45) is 0 Å². The second kappa shape index (κ2) is 6.03. The Kier molecular flexibility index (Phi) is 4.23. The molecule has 23 heavy (non-hydrogen) atoms. The van der Waals surface area contributed by atoms with Crippen molar-refractivity contribution < 1.29 is 22.7 Å². The van der Waals surface area contributed by atoms with Gasteiger partial charge < -0.3 is 14.8 Å². The Hall–Kier alpha value is -1.76. The number of carbonyl (C=O) groups excluding carboxylic acids is 1. The molecule has 2 aliphatic rings. The van der Waals surface area contributed by atoms with E-state index in [1.165, 1.54) is 13.3 Å². The lowest BCUT2D eigenvalue weighted by Gasteiger charge is -2.31. The third-order valence-corrected chi connectivity index (χ3v) is 5.81. The predicted molar refractivity (Wildman–Crippen MR) is 86.5 cm³/mol. The summed E-state index contributed by atoms with van der Waals surface area (Å²) in [4.78, 5) is 11.8. The monoisotopic (exact) mass is 339 g/mol. The average Bonchev–Trinajstić information content (AvgIpc) is 2.84. The molecule has 1 amide bonds. The Morgan fingerprint density at radius 3 is 2.57 bits per heavy atom. The zero-order valence-electron chi connectivity index (χ0n) is 13.1. The Bertz CT molecular complexity index is 707. The van der Waals surface area contributed by atoms with Crippen molar-refractivity contribution in [1.29, 1.82) is 0 Å². The molecule has 0 aromatic heterocycles. The van der Waals surface area contributed by atoms with Crippen LogP contribution in [0.5, 0.6) is 11.5 Å². The fourth-order valence-electron chi connectivity index (χ4n) is 2.96. The number of nitrogens with one attached hydrogen (secondary N) is 1. The van der Waals surface area contributed by atoms with E-state index >= 15 is 0 Å². The van der Waals surface area contributed by atoms with Crippen LogP contribution in [-0.2, 0) is 14.6 Å². The normalized spacial score (nSPS) is 18.8. The molecule has 1 N–H and O–H groups in total. The highest BCUT2D eigenvalue weighted by Crippen LogP contribution is 2.46. The first kappa shape index (κ1) is 16.1. The van der Waals surface area contributed by atoms with Crippen LogP contribution in [0.15, 0.2) is 18.2 Å². The quantitative estimate of drug-likeness (QED) is 0.911. The molecule has 0 unspecified atom stereocenters. The zero-order valence-corrected chi connectivity index (χ0v) is 13.9. The molecule has 0 bridgehead atoms. The number of rotatable bonds is 4. The topological polar surface area (TPSA) is 81.7 Å². The van der Waals surface area contributed by atoms with Gasteiger partial charge in [0.1, 0.15) is 5.75 Å². The second-order valence-electron chi connectivity index (χ2n) is 6.06. The minimum atomic E-state index is -3.34. The van der Waals surface area contributed by atoms with E-state index < -0.39 is 27.3 Å². The molecule has 1 aromatic rings. The van der Waals surface area contributed by atoms with E-state index in [9.17, 15) is 13.2 Å². The van der Waals surface area contributed by atoms with Gasteiger partial charge in [-0.05, 0) is 25.0 Å². The summed E-state index contributed by atoms with van der Waals surface area (Å²) in [5, 5.41) is 2.60. The third-order valence-electron chi connectivity index (χ3n) is 4.23. The molecule has 1 aliphatic heterocycles. The summed E-state index contributed by atoms with van der Waals surface area (Å²) < 4.78 is 34.9. The number of anilines is 1. The molecular formula is C16H21NO5S. The first-order chi connectivity index (χ1) is 10.9. The van der Waals surface area contributed by atoms with Gasteiger partial charge in [-0.1, -0.05) is 13.3 Å². The van der Waals surface area contributed by atoms with Crippen LogP contribution in [0, 0.1) is 0 Å². The molecule has 126 valence electrons. The predicted octanol–water partition coefficient (Wildman–Crippen LogP) is 2.49. The van der Waals surface area contributed by atoms with Gasteiger partial charge in [0.05, 0.1) is 0 Å². The van der Waals surface area contributed by atoms with E-state index in [4.69, 9.17) is 9.47 Å². The molecule has 1 aromatic carbocycles. The van der Waals surface area contributed by atoms with Crippen molar-refractivity contribution in [3.8, 4) is 11.5 Å². The molecular weight excluding hydrogens is 318 g/mol. The van der Waals surface area contributed by atoms with E-state index in [0.717, 1.165) is 25.7 Å². The molecule has 1 spiro atoms. The van der Waals surface area contributed by atoms with Crippen LogP contribution < -0.4 is 14.8 Å². The lowest BCUT2D eigenvalue weighted by Crippen LogP contribution is -2.40. The first-order valence-electron chi connectivity index (χ1n) is 7.94. The van der Waals surface area contributed by atoms with Gasteiger partial charge in [0.15, 0.2) is 21.3 Å². The maximum atomic E-state index is 11.8. The highest BCUT2D eigenvalue weighted by molar-refractivity contribution is 7.92. The standard InChI is InChI=1S/C16H21NO5S/c1-2-23(19,20)11-15(18)17-12-6-7-13-14(10-12)22-16(21-13)8-4-3-5-9-16/h6-7,10H,2-5,8-9,11H2,1H3,(H,17,18). The van der Waals surface area contributed by atoms with E-state index in [2.05, 4.69) is 5.32 Å². The van der Waals surface area contributed by atoms with Crippen LogP contribution in [0.3, 0.4) is 0 Å². The van der Waals surface area contributed by atoms with Gasteiger partial charge in [-0.15, -0.1) is 0 Å². The largest absolute Gasteiger partial charge is 0.448 e. The summed E-state index contributed by atoms with van der Waals surface area (Å²) >= 11 is 0.